The second-order valence-corrected chi connectivity index (χ2v) is 7.49. The number of rotatable bonds is 5. The number of nitroso groups, excluding NO2 is 1. The minimum absolute atomic E-state index is 0.0335. The van der Waals surface area contributed by atoms with E-state index in [1.165, 1.54) is 28.8 Å². The van der Waals surface area contributed by atoms with Crippen molar-refractivity contribution in [3.8, 4) is 0 Å². The maximum Gasteiger partial charge on any atom is 0.258 e. The zero-order valence-corrected chi connectivity index (χ0v) is 16.3. The van der Waals surface area contributed by atoms with Crippen LogP contribution in [-0.4, -0.2) is 45.4 Å². The topological polar surface area (TPSA) is 70.3 Å². The molecule has 1 aliphatic rings. The second-order valence-electron chi connectivity index (χ2n) is 7.06. The van der Waals surface area contributed by atoms with Crippen LogP contribution >= 0.6 is 11.6 Å². The van der Waals surface area contributed by atoms with Crippen LogP contribution < -0.4 is 5.56 Å². The molecule has 150 valence electrons. The number of fused-ring (bicyclic) bond motifs is 1. The minimum atomic E-state index is -0.310. The van der Waals surface area contributed by atoms with Crippen LogP contribution in [0.15, 0.2) is 52.6 Å². The van der Waals surface area contributed by atoms with Gasteiger partial charge in [-0.3, -0.25) is 19.0 Å². The molecule has 1 aliphatic heterocycles. The summed E-state index contributed by atoms with van der Waals surface area (Å²) < 4.78 is 15.1. The average Bonchev–Trinajstić information content (AvgIpc) is 2.71. The summed E-state index contributed by atoms with van der Waals surface area (Å²) in [6, 6.07) is 9.65. The SMILES string of the molecule is O=Nc1cc(Cl)cn2c(=O)cc(CN3CCN(Cc4ccccc4F)CC3)nc12. The van der Waals surface area contributed by atoms with E-state index in [1.807, 2.05) is 6.07 Å². The number of pyridine rings is 1. The Morgan fingerprint density at radius 3 is 2.45 bits per heavy atom. The van der Waals surface area contributed by atoms with Gasteiger partial charge in [0.2, 0.25) is 0 Å². The molecule has 0 aliphatic carbocycles. The molecule has 3 heterocycles. The molecule has 3 aromatic rings. The van der Waals surface area contributed by atoms with Crippen molar-refractivity contribution in [3.63, 3.8) is 0 Å². The Balaban J connectivity index is 1.45. The van der Waals surface area contributed by atoms with Crippen LogP contribution in [-0.2, 0) is 13.1 Å². The van der Waals surface area contributed by atoms with Crippen molar-refractivity contribution in [2.45, 2.75) is 13.1 Å². The smallest absolute Gasteiger partial charge is 0.258 e. The summed E-state index contributed by atoms with van der Waals surface area (Å²) in [5.74, 6) is -0.185. The van der Waals surface area contributed by atoms with Gasteiger partial charge in [0.15, 0.2) is 11.3 Å². The summed E-state index contributed by atoms with van der Waals surface area (Å²) in [7, 11) is 0. The highest BCUT2D eigenvalue weighted by Gasteiger charge is 2.19. The van der Waals surface area contributed by atoms with Crippen molar-refractivity contribution in [2.75, 3.05) is 26.2 Å². The standard InChI is InChI=1S/C20H19ClFN5O2/c21-15-9-18(24-29)20-23-16(10-19(28)27(20)12-15)13-26-7-5-25(6-8-26)11-14-3-1-2-4-17(14)22/h1-4,9-10,12H,5-8,11,13H2. The number of aromatic nitrogens is 2. The summed E-state index contributed by atoms with van der Waals surface area (Å²) in [4.78, 5) is 32.3. The zero-order valence-electron chi connectivity index (χ0n) is 15.6. The van der Waals surface area contributed by atoms with E-state index < -0.39 is 0 Å². The van der Waals surface area contributed by atoms with Crippen LogP contribution in [0.3, 0.4) is 0 Å². The van der Waals surface area contributed by atoms with Crippen LogP contribution in [0.2, 0.25) is 5.02 Å². The highest BCUT2D eigenvalue weighted by atomic mass is 35.5. The van der Waals surface area contributed by atoms with Gasteiger partial charge in [-0.15, -0.1) is 4.91 Å². The molecule has 29 heavy (non-hydrogen) atoms. The fourth-order valence-electron chi connectivity index (χ4n) is 3.55. The first-order valence-electron chi connectivity index (χ1n) is 9.27. The Morgan fingerprint density at radius 1 is 1.07 bits per heavy atom. The predicted molar refractivity (Wildman–Crippen MR) is 109 cm³/mol. The van der Waals surface area contributed by atoms with Gasteiger partial charge in [0.05, 0.1) is 10.7 Å². The third-order valence-electron chi connectivity index (χ3n) is 5.06. The van der Waals surface area contributed by atoms with Gasteiger partial charge in [0.25, 0.3) is 5.56 Å². The van der Waals surface area contributed by atoms with E-state index in [1.54, 1.807) is 12.1 Å². The molecule has 1 aromatic carbocycles. The van der Waals surface area contributed by atoms with Gasteiger partial charge in [-0.05, 0) is 17.3 Å². The van der Waals surface area contributed by atoms with Gasteiger partial charge in [-0.2, -0.15) is 0 Å². The Morgan fingerprint density at radius 2 is 1.76 bits per heavy atom. The van der Waals surface area contributed by atoms with Crippen molar-refractivity contribution in [1.82, 2.24) is 19.2 Å². The fourth-order valence-corrected chi connectivity index (χ4v) is 3.75. The van der Waals surface area contributed by atoms with Crippen LogP contribution in [0.25, 0.3) is 5.65 Å². The van der Waals surface area contributed by atoms with E-state index >= 15 is 0 Å². The zero-order chi connectivity index (χ0) is 20.4. The van der Waals surface area contributed by atoms with E-state index in [-0.39, 0.29) is 27.7 Å². The fraction of sp³-hybridized carbons (Fsp3) is 0.300. The second kappa shape index (κ2) is 8.36. The number of benzene rings is 1. The molecule has 0 unspecified atom stereocenters. The maximum atomic E-state index is 13.8. The van der Waals surface area contributed by atoms with Gasteiger partial charge in [-0.25, -0.2) is 9.37 Å². The molecule has 1 saturated heterocycles. The van der Waals surface area contributed by atoms with Crippen molar-refractivity contribution < 1.29 is 4.39 Å². The third-order valence-corrected chi connectivity index (χ3v) is 5.27. The monoisotopic (exact) mass is 415 g/mol. The molecular formula is C20H19ClFN5O2. The summed E-state index contributed by atoms with van der Waals surface area (Å²) in [6.45, 7) is 4.19. The normalized spacial score (nSPS) is 15.7. The Labute approximate surface area is 171 Å². The van der Waals surface area contributed by atoms with E-state index in [0.717, 1.165) is 26.2 Å². The molecule has 1 fully saturated rings. The summed E-state index contributed by atoms with van der Waals surface area (Å²) in [5, 5.41) is 3.18. The molecule has 0 atom stereocenters. The lowest BCUT2D eigenvalue weighted by atomic mass is 10.2. The van der Waals surface area contributed by atoms with Crippen molar-refractivity contribution >= 4 is 22.9 Å². The number of hydrogen-bond donors (Lipinski definition) is 0. The van der Waals surface area contributed by atoms with Crippen molar-refractivity contribution in [1.29, 1.82) is 0 Å². The molecule has 0 saturated carbocycles. The van der Waals surface area contributed by atoms with Gasteiger partial charge in [0.1, 0.15) is 5.82 Å². The Kier molecular flexibility index (Phi) is 5.66. The average molecular weight is 416 g/mol. The quantitative estimate of drug-likeness (QED) is 0.598. The van der Waals surface area contributed by atoms with Crippen molar-refractivity contribution in [3.05, 3.63) is 80.0 Å². The predicted octanol–water partition coefficient (Wildman–Crippen LogP) is 3.20. The van der Waals surface area contributed by atoms with E-state index in [9.17, 15) is 14.1 Å². The lowest BCUT2D eigenvalue weighted by Crippen LogP contribution is -2.45. The van der Waals surface area contributed by atoms with E-state index in [4.69, 9.17) is 11.6 Å². The lowest BCUT2D eigenvalue weighted by molar-refractivity contribution is 0.120. The molecule has 7 nitrogen and oxygen atoms in total. The first kappa shape index (κ1) is 19.6. The molecule has 0 bridgehead atoms. The molecular weight excluding hydrogens is 397 g/mol. The van der Waals surface area contributed by atoms with E-state index in [0.29, 0.717) is 24.3 Å². The Bertz CT molecular complexity index is 1110. The number of nitrogens with zero attached hydrogens (tertiary/aromatic N) is 5. The number of piperazine rings is 1. The molecule has 0 spiro atoms. The molecule has 0 N–H and O–H groups in total. The maximum absolute atomic E-state index is 13.8. The van der Waals surface area contributed by atoms with E-state index in [2.05, 4.69) is 20.0 Å². The lowest BCUT2D eigenvalue weighted by Gasteiger charge is -2.34. The van der Waals surface area contributed by atoms with Gasteiger partial charge in [-0.1, -0.05) is 29.8 Å². The Hall–Kier alpha value is -2.68. The summed E-state index contributed by atoms with van der Waals surface area (Å²) in [6.07, 6.45) is 1.42. The number of hydrogen-bond acceptors (Lipinski definition) is 6. The van der Waals surface area contributed by atoms with Gasteiger partial charge >= 0.3 is 0 Å². The van der Waals surface area contributed by atoms with Crippen LogP contribution in [0.5, 0.6) is 0 Å². The first-order valence-corrected chi connectivity index (χ1v) is 9.64. The highest BCUT2D eigenvalue weighted by Crippen LogP contribution is 2.22. The number of halogens is 2. The minimum Gasteiger partial charge on any atom is -0.296 e. The van der Waals surface area contributed by atoms with Crippen LogP contribution in [0.1, 0.15) is 11.3 Å². The largest absolute Gasteiger partial charge is 0.296 e. The van der Waals surface area contributed by atoms with Crippen LogP contribution in [0, 0.1) is 10.7 Å². The third kappa shape index (κ3) is 4.34. The van der Waals surface area contributed by atoms with Crippen LogP contribution in [0.4, 0.5) is 10.1 Å². The molecule has 4 rings (SSSR count). The summed E-state index contributed by atoms with van der Waals surface area (Å²) >= 11 is 5.93. The van der Waals surface area contributed by atoms with Gasteiger partial charge in [0, 0.05) is 57.1 Å². The molecule has 9 heteroatoms. The first-order chi connectivity index (χ1) is 14.0. The molecule has 0 amide bonds. The summed E-state index contributed by atoms with van der Waals surface area (Å²) in [5.41, 5.74) is 1.19. The molecule has 2 aromatic heterocycles. The van der Waals surface area contributed by atoms with Crippen molar-refractivity contribution in [2.24, 2.45) is 5.18 Å². The van der Waals surface area contributed by atoms with Gasteiger partial charge < -0.3 is 0 Å². The molecule has 0 radical (unpaired) electrons. The highest BCUT2D eigenvalue weighted by molar-refractivity contribution is 6.30.